The maximum Gasteiger partial charge on any atom is 0.127 e. The lowest BCUT2D eigenvalue weighted by molar-refractivity contribution is 0.150. The first-order valence-corrected chi connectivity index (χ1v) is 6.08. The van der Waals surface area contributed by atoms with Gasteiger partial charge < -0.3 is 10.1 Å². The molecule has 0 heterocycles. The van der Waals surface area contributed by atoms with Crippen LogP contribution in [0.4, 0.5) is 8.78 Å². The number of hydrogen-bond donors (Lipinski definition) is 1. The van der Waals surface area contributed by atoms with E-state index in [0.29, 0.717) is 18.7 Å². The molecule has 18 heavy (non-hydrogen) atoms. The number of rotatable bonds is 7. The van der Waals surface area contributed by atoms with E-state index in [-0.39, 0.29) is 11.2 Å². The van der Waals surface area contributed by atoms with Crippen LogP contribution < -0.4 is 5.32 Å². The maximum absolute atomic E-state index is 13.4. The molecule has 0 atom stereocenters. The molecular weight excluding hydrogens is 236 g/mol. The second kappa shape index (κ2) is 6.81. The van der Waals surface area contributed by atoms with E-state index >= 15 is 0 Å². The Morgan fingerprint density at radius 3 is 2.67 bits per heavy atom. The van der Waals surface area contributed by atoms with Gasteiger partial charge in [0, 0.05) is 32.4 Å². The van der Waals surface area contributed by atoms with E-state index < -0.39 is 5.82 Å². The van der Waals surface area contributed by atoms with Gasteiger partial charge in [-0.2, -0.15) is 0 Å². The number of benzene rings is 1. The van der Waals surface area contributed by atoms with Crippen molar-refractivity contribution in [2.75, 3.05) is 20.3 Å². The molecular formula is C14H21F2NO. The molecule has 0 fully saturated rings. The van der Waals surface area contributed by atoms with E-state index in [1.807, 2.05) is 0 Å². The Morgan fingerprint density at radius 2 is 2.00 bits per heavy atom. The highest BCUT2D eigenvalue weighted by atomic mass is 19.1. The zero-order chi connectivity index (χ0) is 13.6. The number of ether oxygens (including phenoxy) is 1. The third-order valence-corrected chi connectivity index (χ3v) is 2.91. The molecule has 0 spiro atoms. The van der Waals surface area contributed by atoms with Gasteiger partial charge in [-0.05, 0) is 30.0 Å². The van der Waals surface area contributed by atoms with Gasteiger partial charge in [-0.3, -0.25) is 0 Å². The van der Waals surface area contributed by atoms with Crippen molar-refractivity contribution in [1.82, 2.24) is 5.32 Å². The molecule has 0 bridgehead atoms. The van der Waals surface area contributed by atoms with Crippen molar-refractivity contribution in [3.05, 3.63) is 35.4 Å². The lowest BCUT2D eigenvalue weighted by Gasteiger charge is -2.24. The summed E-state index contributed by atoms with van der Waals surface area (Å²) in [5.74, 6) is -0.787. The molecule has 0 radical (unpaired) electrons. The highest BCUT2D eigenvalue weighted by Crippen LogP contribution is 2.19. The minimum atomic E-state index is -0.410. The van der Waals surface area contributed by atoms with Crippen LogP contribution >= 0.6 is 0 Å². The van der Waals surface area contributed by atoms with Gasteiger partial charge >= 0.3 is 0 Å². The summed E-state index contributed by atoms with van der Waals surface area (Å²) in [6.45, 7) is 5.98. The molecule has 0 aliphatic carbocycles. The summed E-state index contributed by atoms with van der Waals surface area (Å²) in [5, 5.41) is 3.16. The van der Waals surface area contributed by atoms with Crippen molar-refractivity contribution in [2.45, 2.75) is 26.8 Å². The average molecular weight is 257 g/mol. The summed E-state index contributed by atoms with van der Waals surface area (Å²) in [7, 11) is 1.67. The van der Waals surface area contributed by atoms with Crippen LogP contribution in [-0.4, -0.2) is 20.3 Å². The number of nitrogens with one attached hydrogen (secondary N) is 1. The first kappa shape index (κ1) is 15.1. The molecule has 1 aromatic carbocycles. The molecule has 1 rings (SSSR count). The van der Waals surface area contributed by atoms with Crippen LogP contribution in [0.5, 0.6) is 0 Å². The normalized spacial score (nSPS) is 11.8. The molecule has 0 aliphatic heterocycles. The first-order chi connectivity index (χ1) is 8.44. The van der Waals surface area contributed by atoms with Crippen molar-refractivity contribution in [3.63, 3.8) is 0 Å². The Bertz CT molecular complexity index is 380. The van der Waals surface area contributed by atoms with Crippen molar-refractivity contribution < 1.29 is 13.5 Å². The monoisotopic (exact) mass is 257 g/mol. The quantitative estimate of drug-likeness (QED) is 0.810. The first-order valence-electron chi connectivity index (χ1n) is 6.08. The molecule has 4 heteroatoms. The average Bonchev–Trinajstić information content (AvgIpc) is 2.31. The Morgan fingerprint density at radius 1 is 1.28 bits per heavy atom. The summed E-state index contributed by atoms with van der Waals surface area (Å²) < 4.78 is 31.4. The van der Waals surface area contributed by atoms with E-state index in [1.165, 1.54) is 6.07 Å². The van der Waals surface area contributed by atoms with E-state index in [2.05, 4.69) is 19.2 Å². The molecule has 0 saturated heterocycles. The van der Waals surface area contributed by atoms with Gasteiger partial charge in [-0.15, -0.1) is 0 Å². The predicted molar refractivity (Wildman–Crippen MR) is 68.3 cm³/mol. The molecule has 1 N–H and O–H groups in total. The predicted octanol–water partition coefficient (Wildman–Crippen LogP) is 3.12. The summed E-state index contributed by atoms with van der Waals surface area (Å²) in [6.07, 6.45) is 0.919. The van der Waals surface area contributed by atoms with Gasteiger partial charge in [0.1, 0.15) is 11.6 Å². The van der Waals surface area contributed by atoms with Crippen LogP contribution in [0.1, 0.15) is 25.8 Å². The van der Waals surface area contributed by atoms with Crippen LogP contribution in [-0.2, 0) is 11.3 Å². The Balaban J connectivity index is 2.43. The second-order valence-electron chi connectivity index (χ2n) is 5.25. The Kier molecular flexibility index (Phi) is 5.69. The smallest absolute Gasteiger partial charge is 0.127 e. The fourth-order valence-corrected chi connectivity index (χ4v) is 1.68. The standard InChI is InChI=1S/C14H21F2NO/c1-14(2,6-7-18-3)10-17-9-11-8-12(15)4-5-13(11)16/h4-5,8,17H,6-7,9-10H2,1-3H3. The second-order valence-corrected chi connectivity index (χ2v) is 5.25. The zero-order valence-electron chi connectivity index (χ0n) is 11.2. The van der Waals surface area contributed by atoms with Crippen molar-refractivity contribution in [2.24, 2.45) is 5.41 Å². The number of methoxy groups -OCH3 is 1. The van der Waals surface area contributed by atoms with Crippen molar-refractivity contribution in [3.8, 4) is 0 Å². The van der Waals surface area contributed by atoms with E-state index in [1.54, 1.807) is 7.11 Å². The fraction of sp³-hybridized carbons (Fsp3) is 0.571. The van der Waals surface area contributed by atoms with Gasteiger partial charge in [-0.1, -0.05) is 13.8 Å². The van der Waals surface area contributed by atoms with Crippen LogP contribution in [0, 0.1) is 17.0 Å². The van der Waals surface area contributed by atoms with Crippen LogP contribution in [0.2, 0.25) is 0 Å². The van der Waals surface area contributed by atoms with E-state index in [4.69, 9.17) is 4.74 Å². The topological polar surface area (TPSA) is 21.3 Å². The van der Waals surface area contributed by atoms with Crippen molar-refractivity contribution in [1.29, 1.82) is 0 Å². The van der Waals surface area contributed by atoms with E-state index in [0.717, 1.165) is 25.1 Å². The third-order valence-electron chi connectivity index (χ3n) is 2.91. The molecule has 0 aromatic heterocycles. The maximum atomic E-state index is 13.4. The summed E-state index contributed by atoms with van der Waals surface area (Å²) in [6, 6.07) is 3.51. The molecule has 0 amide bonds. The summed E-state index contributed by atoms with van der Waals surface area (Å²) in [5.41, 5.74) is 0.428. The van der Waals surface area contributed by atoms with Gasteiger partial charge in [-0.25, -0.2) is 8.78 Å². The number of hydrogen-bond acceptors (Lipinski definition) is 2. The highest BCUT2D eigenvalue weighted by molar-refractivity contribution is 5.18. The summed E-state index contributed by atoms with van der Waals surface area (Å²) in [4.78, 5) is 0. The lowest BCUT2D eigenvalue weighted by Crippen LogP contribution is -2.30. The molecule has 102 valence electrons. The molecule has 0 saturated carbocycles. The van der Waals surface area contributed by atoms with Gasteiger partial charge in [0.15, 0.2) is 0 Å². The van der Waals surface area contributed by atoms with Gasteiger partial charge in [0.2, 0.25) is 0 Å². The number of halogens is 2. The van der Waals surface area contributed by atoms with Crippen LogP contribution in [0.3, 0.4) is 0 Å². The molecule has 0 unspecified atom stereocenters. The third kappa shape index (κ3) is 5.10. The highest BCUT2D eigenvalue weighted by Gasteiger charge is 2.17. The minimum absolute atomic E-state index is 0.0693. The fourth-order valence-electron chi connectivity index (χ4n) is 1.68. The lowest BCUT2D eigenvalue weighted by atomic mass is 9.89. The summed E-state index contributed by atoms with van der Waals surface area (Å²) >= 11 is 0. The van der Waals surface area contributed by atoms with Crippen molar-refractivity contribution >= 4 is 0 Å². The van der Waals surface area contributed by atoms with Crippen LogP contribution in [0.15, 0.2) is 18.2 Å². The minimum Gasteiger partial charge on any atom is -0.385 e. The molecule has 2 nitrogen and oxygen atoms in total. The van der Waals surface area contributed by atoms with Gasteiger partial charge in [0.25, 0.3) is 0 Å². The SMILES string of the molecule is COCCC(C)(C)CNCc1cc(F)ccc1F. The Hall–Kier alpha value is -1.00. The molecule has 0 aliphatic rings. The molecule has 1 aromatic rings. The van der Waals surface area contributed by atoms with Gasteiger partial charge in [0.05, 0.1) is 0 Å². The Labute approximate surface area is 107 Å². The zero-order valence-corrected chi connectivity index (χ0v) is 11.2. The van der Waals surface area contributed by atoms with Crippen LogP contribution in [0.25, 0.3) is 0 Å². The van der Waals surface area contributed by atoms with E-state index in [9.17, 15) is 8.78 Å². The largest absolute Gasteiger partial charge is 0.385 e.